The molecule has 6 N–H and O–H groups in total. The minimum atomic E-state index is -0.588. The predicted molar refractivity (Wildman–Crippen MR) is 97.7 cm³/mol. The minimum Gasteiger partial charge on any atom is -0.351 e. The van der Waals surface area contributed by atoms with E-state index in [1.807, 2.05) is 19.1 Å². The third-order valence-corrected chi connectivity index (χ3v) is 5.82. The van der Waals surface area contributed by atoms with Gasteiger partial charge in [0.15, 0.2) is 0 Å². The molecular formula is C19H28N4O2. The van der Waals surface area contributed by atoms with Crippen LogP contribution in [0.3, 0.4) is 0 Å². The number of anilines is 1. The second kappa shape index (κ2) is 7.44. The number of carbonyl (C=O) groups excluding carboxylic acids is 2. The van der Waals surface area contributed by atoms with Crippen LogP contribution in [0.2, 0.25) is 0 Å². The Labute approximate surface area is 148 Å². The largest absolute Gasteiger partial charge is 0.351 e. The molecule has 25 heavy (non-hydrogen) atoms. The lowest BCUT2D eigenvalue weighted by Crippen LogP contribution is -2.49. The highest BCUT2D eigenvalue weighted by Gasteiger charge is 2.40. The normalized spacial score (nSPS) is 29.5. The molecule has 0 radical (unpaired) electrons. The number of amides is 3. The molecule has 6 nitrogen and oxygen atoms in total. The molecule has 0 aliphatic heterocycles. The first-order chi connectivity index (χ1) is 11.9. The molecule has 2 saturated carbocycles. The Morgan fingerprint density at radius 2 is 1.72 bits per heavy atom. The fourth-order valence-electron chi connectivity index (χ4n) is 4.42. The minimum absolute atomic E-state index is 0.0772. The Bertz CT molecular complexity index is 617. The SMILES string of the molecule is CC(NC(=O)C1CC2CCCC(C1)C2N)c1ccc(NC(N)=O)cc1. The number of urea groups is 1. The highest BCUT2D eigenvalue weighted by Crippen LogP contribution is 2.42. The molecule has 2 aliphatic carbocycles. The van der Waals surface area contributed by atoms with Crippen molar-refractivity contribution >= 4 is 17.6 Å². The zero-order chi connectivity index (χ0) is 18.0. The summed E-state index contributed by atoms with van der Waals surface area (Å²) < 4.78 is 0. The summed E-state index contributed by atoms with van der Waals surface area (Å²) in [7, 11) is 0. The summed E-state index contributed by atoms with van der Waals surface area (Å²) in [5.74, 6) is 1.21. The lowest BCUT2D eigenvalue weighted by atomic mass is 9.65. The quantitative estimate of drug-likeness (QED) is 0.673. The van der Waals surface area contributed by atoms with Gasteiger partial charge < -0.3 is 22.1 Å². The van der Waals surface area contributed by atoms with E-state index in [0.29, 0.717) is 17.5 Å². The van der Waals surface area contributed by atoms with Gasteiger partial charge in [0.2, 0.25) is 5.91 Å². The molecule has 0 spiro atoms. The van der Waals surface area contributed by atoms with Crippen LogP contribution >= 0.6 is 0 Å². The standard InChI is InChI=1S/C19H28N4O2/c1-11(12-5-7-16(8-6-12)23-19(21)25)22-18(24)15-9-13-3-2-4-14(10-15)17(13)20/h5-8,11,13-15,17H,2-4,9-10,20H2,1H3,(H,22,24)(H3,21,23,25). The second-order valence-corrected chi connectivity index (χ2v) is 7.54. The van der Waals surface area contributed by atoms with Crippen LogP contribution in [0.15, 0.2) is 24.3 Å². The van der Waals surface area contributed by atoms with Crippen molar-refractivity contribution in [3.8, 4) is 0 Å². The molecule has 1 aromatic carbocycles. The van der Waals surface area contributed by atoms with Gasteiger partial charge in [0.05, 0.1) is 6.04 Å². The van der Waals surface area contributed by atoms with Gasteiger partial charge in [0.1, 0.15) is 0 Å². The highest BCUT2D eigenvalue weighted by molar-refractivity contribution is 5.87. The van der Waals surface area contributed by atoms with Gasteiger partial charge in [-0.05, 0) is 62.1 Å². The molecule has 2 aliphatic rings. The molecule has 3 amide bonds. The summed E-state index contributed by atoms with van der Waals surface area (Å²) in [6.07, 6.45) is 5.39. The summed E-state index contributed by atoms with van der Waals surface area (Å²) in [6, 6.07) is 6.96. The molecule has 6 heteroatoms. The van der Waals surface area contributed by atoms with Crippen LogP contribution in [0.4, 0.5) is 10.5 Å². The maximum Gasteiger partial charge on any atom is 0.316 e. The number of hydrogen-bond acceptors (Lipinski definition) is 3. The number of carbonyl (C=O) groups is 2. The van der Waals surface area contributed by atoms with Crippen LogP contribution in [0.1, 0.15) is 50.6 Å². The Balaban J connectivity index is 1.58. The van der Waals surface area contributed by atoms with Gasteiger partial charge in [-0.2, -0.15) is 0 Å². The molecule has 3 atom stereocenters. The van der Waals surface area contributed by atoms with E-state index in [1.54, 1.807) is 12.1 Å². The van der Waals surface area contributed by atoms with Crippen LogP contribution in [0.5, 0.6) is 0 Å². The Hall–Kier alpha value is -2.08. The van der Waals surface area contributed by atoms with Gasteiger partial charge in [-0.15, -0.1) is 0 Å². The maximum absolute atomic E-state index is 12.7. The summed E-state index contributed by atoms with van der Waals surface area (Å²) in [5.41, 5.74) is 13.1. The van der Waals surface area contributed by atoms with E-state index in [1.165, 1.54) is 6.42 Å². The van der Waals surface area contributed by atoms with Gasteiger partial charge in [-0.25, -0.2) is 4.79 Å². The van der Waals surface area contributed by atoms with Crippen molar-refractivity contribution in [2.75, 3.05) is 5.32 Å². The first kappa shape index (κ1) is 17.7. The van der Waals surface area contributed by atoms with Crippen LogP contribution in [0, 0.1) is 17.8 Å². The topological polar surface area (TPSA) is 110 Å². The van der Waals surface area contributed by atoms with Crippen molar-refractivity contribution in [2.24, 2.45) is 29.2 Å². The lowest BCUT2D eigenvalue weighted by molar-refractivity contribution is -0.128. The van der Waals surface area contributed by atoms with E-state index in [9.17, 15) is 9.59 Å². The maximum atomic E-state index is 12.7. The molecule has 3 unspecified atom stereocenters. The van der Waals surface area contributed by atoms with E-state index in [2.05, 4.69) is 10.6 Å². The second-order valence-electron chi connectivity index (χ2n) is 7.54. The predicted octanol–water partition coefficient (Wildman–Crippen LogP) is 2.51. The zero-order valence-corrected chi connectivity index (χ0v) is 14.7. The molecule has 3 rings (SSSR count). The van der Waals surface area contributed by atoms with Crippen LogP contribution < -0.4 is 22.1 Å². The summed E-state index contributed by atoms with van der Waals surface area (Å²) >= 11 is 0. The molecule has 136 valence electrons. The van der Waals surface area contributed by atoms with Gasteiger partial charge in [0.25, 0.3) is 0 Å². The molecule has 2 bridgehead atoms. The molecule has 2 fully saturated rings. The van der Waals surface area contributed by atoms with Gasteiger partial charge in [0, 0.05) is 17.6 Å². The molecule has 0 heterocycles. The molecule has 1 aromatic rings. The number of hydrogen-bond donors (Lipinski definition) is 4. The first-order valence-corrected chi connectivity index (χ1v) is 9.16. The molecular weight excluding hydrogens is 316 g/mol. The van der Waals surface area contributed by atoms with E-state index in [-0.39, 0.29) is 23.9 Å². The van der Waals surface area contributed by atoms with Gasteiger partial charge in [-0.1, -0.05) is 18.6 Å². The van der Waals surface area contributed by atoms with E-state index >= 15 is 0 Å². The fourth-order valence-corrected chi connectivity index (χ4v) is 4.42. The number of fused-ring (bicyclic) bond motifs is 2. The van der Waals surface area contributed by atoms with Crippen LogP contribution in [-0.2, 0) is 4.79 Å². The fraction of sp³-hybridized carbons (Fsp3) is 0.579. The number of nitrogens with two attached hydrogens (primary N) is 2. The van der Waals surface area contributed by atoms with E-state index < -0.39 is 6.03 Å². The van der Waals surface area contributed by atoms with Gasteiger partial charge >= 0.3 is 6.03 Å². The molecule has 0 saturated heterocycles. The van der Waals surface area contributed by atoms with E-state index in [0.717, 1.165) is 31.2 Å². The van der Waals surface area contributed by atoms with Crippen LogP contribution in [-0.4, -0.2) is 18.0 Å². The van der Waals surface area contributed by atoms with E-state index in [4.69, 9.17) is 11.5 Å². The Morgan fingerprint density at radius 1 is 1.12 bits per heavy atom. The van der Waals surface area contributed by atoms with Crippen molar-refractivity contribution in [1.82, 2.24) is 5.32 Å². The summed E-state index contributed by atoms with van der Waals surface area (Å²) in [5, 5.41) is 5.67. The number of nitrogens with one attached hydrogen (secondary N) is 2. The summed E-state index contributed by atoms with van der Waals surface area (Å²) in [6.45, 7) is 1.98. The first-order valence-electron chi connectivity index (χ1n) is 9.16. The van der Waals surface area contributed by atoms with Crippen LogP contribution in [0.25, 0.3) is 0 Å². The Morgan fingerprint density at radius 3 is 2.28 bits per heavy atom. The smallest absolute Gasteiger partial charge is 0.316 e. The van der Waals surface area contributed by atoms with Gasteiger partial charge in [-0.3, -0.25) is 4.79 Å². The average Bonchev–Trinajstić information content (AvgIpc) is 2.54. The van der Waals surface area contributed by atoms with Crippen molar-refractivity contribution in [3.63, 3.8) is 0 Å². The third-order valence-electron chi connectivity index (χ3n) is 5.82. The highest BCUT2D eigenvalue weighted by atomic mass is 16.2. The van der Waals surface area contributed by atoms with Crippen molar-refractivity contribution in [2.45, 2.75) is 51.1 Å². The number of benzene rings is 1. The monoisotopic (exact) mass is 344 g/mol. The van der Waals surface area contributed by atoms with Crippen molar-refractivity contribution < 1.29 is 9.59 Å². The zero-order valence-electron chi connectivity index (χ0n) is 14.7. The number of primary amides is 1. The number of rotatable bonds is 4. The summed E-state index contributed by atoms with van der Waals surface area (Å²) in [4.78, 5) is 23.6. The molecule has 0 aromatic heterocycles. The lowest BCUT2D eigenvalue weighted by Gasteiger charge is -2.43. The third kappa shape index (κ3) is 4.12. The van der Waals surface area contributed by atoms with Crippen molar-refractivity contribution in [1.29, 1.82) is 0 Å². The van der Waals surface area contributed by atoms with Crippen molar-refractivity contribution in [3.05, 3.63) is 29.8 Å². The Kier molecular flexibility index (Phi) is 5.27. The average molecular weight is 344 g/mol.